The number of hydrogen-bond donors (Lipinski definition) is 6. The van der Waals surface area contributed by atoms with Crippen molar-refractivity contribution in [3.05, 3.63) is 0 Å². The molecule has 0 radical (unpaired) electrons. The fourth-order valence-corrected chi connectivity index (χ4v) is 78.6. The van der Waals surface area contributed by atoms with Gasteiger partial charge in [-0.25, -0.2) is 0 Å². The van der Waals surface area contributed by atoms with E-state index in [-0.39, 0.29) is 52.9 Å². The van der Waals surface area contributed by atoms with Crippen LogP contribution in [0.3, 0.4) is 0 Å². The second-order valence-corrected chi connectivity index (χ2v) is 98.8. The predicted octanol–water partition coefficient (Wildman–Crippen LogP) is 26.4. The maximum absolute atomic E-state index is 10.4. The van der Waals surface area contributed by atoms with Gasteiger partial charge in [0.1, 0.15) is 0 Å². The molecule has 0 heterocycles. The molecule has 0 aromatic heterocycles. The molecule has 16 nitrogen and oxygen atoms in total. The van der Waals surface area contributed by atoms with Gasteiger partial charge >= 0.3 is 17.1 Å². The Morgan fingerprint density at radius 2 is 0.380 bits per heavy atom. The Bertz CT molecular complexity index is 2360. The molecule has 26 heteroatoms. The highest BCUT2D eigenvalue weighted by Crippen LogP contribution is 2.50. The minimum atomic E-state index is -2.15. The Morgan fingerprint density at radius 3 is 0.521 bits per heavy atom. The molecular weight excluding hydrogens is 1680 g/mol. The number of ether oxygens (including phenoxy) is 6. The first-order chi connectivity index (χ1) is 54.3. The summed E-state index contributed by atoms with van der Waals surface area (Å²) in [5, 5.41) is 61.0. The van der Waals surface area contributed by atoms with Gasteiger partial charge in [-0.1, -0.05) is 301 Å². The molecule has 0 rings (SSSR count). The lowest BCUT2D eigenvalue weighted by Gasteiger charge is -2.45. The lowest BCUT2D eigenvalue weighted by molar-refractivity contribution is -0.0769. The standard InChI is InChI=1S/C41H88O4Si2.C29H64O4Si2.C25H64O8Si6/c1-35(2,3)29-46(30-36(4,5)6,31-37(7,8)9)23-19-21-44-27-41(25-42,26-43)28-45-22-20-24-47(32-38(10,11)12,33-39(13,14)15)34-40(16,17)18;1-23(2)34(24(3)4,25(5)6)17-13-15-32-21-29(19-30,20-31)22-33-16-14-18-35(26(7)8,27(9)10)28(11)12;1-34(2,3)30-38(11,12)32-36(7,8)19-15-17-28-23-25(21-26,22-27)24-29-18-16-20-37(9,10)33-39(13,14)31-35(4,5)6/h42-43H,19-34H2,1-18H3;23-28,30-31H,13-22H2,1-12H3;26-27H,15-24H2,1-14H3. The first kappa shape index (κ1) is 127. The van der Waals surface area contributed by atoms with Crippen LogP contribution >= 0.6 is 0 Å². The molecule has 0 bridgehead atoms. The molecule has 0 amide bonds. The van der Waals surface area contributed by atoms with Crippen LogP contribution < -0.4 is 0 Å². The Morgan fingerprint density at radius 1 is 0.223 bits per heavy atom. The summed E-state index contributed by atoms with van der Waals surface area (Å²) in [6, 6.07) is 15.1. The fourth-order valence-electron chi connectivity index (χ4n) is 22.2. The van der Waals surface area contributed by atoms with Crippen molar-refractivity contribution >= 4 is 82.7 Å². The summed E-state index contributed by atoms with van der Waals surface area (Å²) >= 11 is 0. The zero-order valence-electron chi connectivity index (χ0n) is 89.2. The highest BCUT2D eigenvalue weighted by molar-refractivity contribution is 6.89. The number of hydrogen-bond acceptors (Lipinski definition) is 16. The van der Waals surface area contributed by atoms with Crippen molar-refractivity contribution in [1.82, 2.24) is 0 Å². The van der Waals surface area contributed by atoms with Gasteiger partial charge in [0.25, 0.3) is 0 Å². The van der Waals surface area contributed by atoms with Crippen LogP contribution in [0.4, 0.5) is 0 Å². The molecule has 121 heavy (non-hydrogen) atoms. The molecule has 0 unspecified atom stereocenters. The minimum Gasteiger partial charge on any atom is -0.437 e. The number of aliphatic hydroxyl groups is 6. The topological polar surface area (TPSA) is 214 Å². The molecular formula is C95H216O16Si10. The van der Waals surface area contributed by atoms with Crippen molar-refractivity contribution in [3.8, 4) is 0 Å². The summed E-state index contributed by atoms with van der Waals surface area (Å²) in [7, 11) is -17.4. The van der Waals surface area contributed by atoms with Gasteiger partial charge in [0.05, 0.1) is 128 Å². The quantitative estimate of drug-likeness (QED) is 0.0247. The minimum absolute atomic E-state index is 0.116. The molecule has 0 saturated carbocycles. The maximum Gasteiger partial charge on any atom is 0.311 e. The van der Waals surface area contributed by atoms with Gasteiger partial charge in [0.2, 0.25) is 0 Å². The van der Waals surface area contributed by atoms with Gasteiger partial charge < -0.3 is 75.5 Å². The van der Waals surface area contributed by atoms with Crippen LogP contribution in [0.2, 0.25) is 197 Å². The summed E-state index contributed by atoms with van der Waals surface area (Å²) in [6.07, 6.45) is 5.97. The first-order valence-corrected chi connectivity index (χ1v) is 77.5. The van der Waals surface area contributed by atoms with Crippen molar-refractivity contribution in [2.45, 2.75) is 444 Å². The van der Waals surface area contributed by atoms with E-state index in [0.717, 1.165) is 83.9 Å². The molecule has 0 aliphatic rings. The Labute approximate surface area is 764 Å². The zero-order valence-corrected chi connectivity index (χ0v) is 99.2. The summed E-state index contributed by atoms with van der Waals surface area (Å²) < 4.78 is 62.3. The molecule has 0 spiro atoms. The molecule has 0 aliphatic heterocycles. The molecule has 0 atom stereocenters. The average molecular weight is 1900 g/mol. The smallest absolute Gasteiger partial charge is 0.311 e. The van der Waals surface area contributed by atoms with Crippen molar-refractivity contribution < 1.29 is 75.5 Å². The van der Waals surface area contributed by atoms with Crippen molar-refractivity contribution in [3.63, 3.8) is 0 Å². The number of rotatable bonds is 62. The van der Waals surface area contributed by atoms with E-state index < -0.39 is 98.9 Å². The van der Waals surface area contributed by atoms with E-state index in [1.165, 1.54) is 60.4 Å². The van der Waals surface area contributed by atoms with Crippen LogP contribution in [-0.2, 0) is 44.9 Å². The summed E-state index contributed by atoms with van der Waals surface area (Å²) in [5.41, 5.74) is 4.18. The van der Waals surface area contributed by atoms with E-state index in [0.29, 0.717) is 98.6 Å². The molecule has 0 fully saturated rings. The molecule has 0 aromatic rings. The third-order valence-corrected chi connectivity index (χ3v) is 73.7. The molecule has 6 N–H and O–H groups in total. The van der Waals surface area contributed by atoms with Crippen LogP contribution in [0.15, 0.2) is 0 Å². The van der Waals surface area contributed by atoms with Crippen molar-refractivity contribution in [2.24, 2.45) is 48.7 Å². The van der Waals surface area contributed by atoms with Gasteiger partial charge in [-0.15, -0.1) is 0 Å². The Balaban J connectivity index is -0.00000175. The highest BCUT2D eigenvalue weighted by Gasteiger charge is 2.48. The van der Waals surface area contributed by atoms with Crippen LogP contribution in [0.1, 0.15) is 246 Å². The maximum atomic E-state index is 10.4. The summed E-state index contributed by atoms with van der Waals surface area (Å²) in [6.45, 7) is 108. The van der Waals surface area contributed by atoms with Gasteiger partial charge in [-0.2, -0.15) is 0 Å². The van der Waals surface area contributed by atoms with Crippen LogP contribution in [0, 0.1) is 48.7 Å². The van der Waals surface area contributed by atoms with Gasteiger partial charge in [0, 0.05) is 39.6 Å². The third kappa shape index (κ3) is 56.4. The second kappa shape index (κ2) is 54.8. The highest BCUT2D eigenvalue weighted by atomic mass is 28.5. The van der Waals surface area contributed by atoms with E-state index >= 15 is 0 Å². The van der Waals surface area contributed by atoms with Crippen molar-refractivity contribution in [2.75, 3.05) is 119 Å². The average Bonchev–Trinajstić information content (AvgIpc) is 0.829. The first-order valence-electron chi connectivity index (χ1n) is 48.3. The van der Waals surface area contributed by atoms with Crippen molar-refractivity contribution in [1.29, 1.82) is 0 Å². The Hall–Kier alpha value is 1.53. The second-order valence-electron chi connectivity index (χ2n) is 51.9. The van der Waals surface area contributed by atoms with Crippen LogP contribution in [-0.4, -0.2) is 232 Å². The van der Waals surface area contributed by atoms with Gasteiger partial charge in [-0.05, 0) is 175 Å². The largest absolute Gasteiger partial charge is 0.437 e. The molecule has 0 aliphatic carbocycles. The third-order valence-electron chi connectivity index (χ3n) is 24.4. The lowest BCUT2D eigenvalue weighted by Crippen LogP contribution is -2.51. The van der Waals surface area contributed by atoms with Crippen LogP contribution in [0.25, 0.3) is 0 Å². The monoisotopic (exact) mass is 1890 g/mol. The van der Waals surface area contributed by atoms with E-state index in [4.69, 9.17) is 44.9 Å². The number of aliphatic hydroxyl groups excluding tert-OH is 6. The van der Waals surface area contributed by atoms with Gasteiger partial charge in [-0.3, -0.25) is 0 Å². The SMILES string of the molecule is CC(C)(C)C[Si](CCCOCC(CO)(CO)COCCC[Si](CC(C)(C)C)(CC(C)(C)C)CC(C)(C)C)(CC(C)(C)C)CC(C)(C)C.CC(C)[Si](CCCOCC(CO)(CO)COCCC[Si](C(C)C)(C(C)C)C(C)C)(C(C)C)C(C)C.C[Si](C)(C)O[Si](C)(C)O[Si](C)(C)CCCOCC(CO)(CO)COCCC[Si](C)(C)O[Si](C)(C)O[Si](C)(C)C. The normalized spacial score (nSPS) is 14.7. The molecule has 0 saturated heterocycles. The predicted molar refractivity (Wildman–Crippen MR) is 551 cm³/mol. The van der Waals surface area contributed by atoms with E-state index in [1.807, 2.05) is 0 Å². The lowest BCUT2D eigenvalue weighted by atomic mass is 9.92. The van der Waals surface area contributed by atoms with E-state index in [9.17, 15) is 30.6 Å². The fraction of sp³-hybridized carbons (Fsp3) is 1.00. The molecule has 732 valence electrons. The van der Waals surface area contributed by atoms with Crippen LogP contribution in [0.5, 0.6) is 0 Å². The van der Waals surface area contributed by atoms with E-state index in [1.54, 1.807) is 0 Å². The zero-order chi connectivity index (χ0) is 95.5. The summed E-state index contributed by atoms with van der Waals surface area (Å²) in [4.78, 5) is 0. The summed E-state index contributed by atoms with van der Waals surface area (Å²) in [5.74, 6) is 0. The van der Waals surface area contributed by atoms with E-state index in [2.05, 4.69) is 299 Å². The Kier molecular flexibility index (Phi) is 57.3. The van der Waals surface area contributed by atoms with Gasteiger partial charge in [0.15, 0.2) is 33.3 Å². The molecule has 0 aromatic carbocycles.